The Balaban J connectivity index is 1.76. The van der Waals surface area contributed by atoms with Crippen LogP contribution < -0.4 is 4.72 Å². The van der Waals surface area contributed by atoms with Crippen LogP contribution in [0.25, 0.3) is 0 Å². The molecule has 1 aromatic rings. The highest BCUT2D eigenvalue weighted by molar-refractivity contribution is 7.89. The van der Waals surface area contributed by atoms with E-state index in [1.807, 2.05) is 6.92 Å². The second kappa shape index (κ2) is 5.37. The molecule has 3 rings (SSSR count). The summed E-state index contributed by atoms with van der Waals surface area (Å²) in [6.07, 6.45) is 4.90. The molecule has 1 aromatic heterocycles. The molecule has 2 aliphatic carbocycles. The van der Waals surface area contributed by atoms with Crippen molar-refractivity contribution in [2.75, 3.05) is 0 Å². The van der Waals surface area contributed by atoms with E-state index in [1.165, 1.54) is 19.3 Å². The van der Waals surface area contributed by atoms with Gasteiger partial charge in [0.25, 0.3) is 10.0 Å². The van der Waals surface area contributed by atoms with Crippen LogP contribution in [0.4, 0.5) is 0 Å². The Morgan fingerprint density at radius 2 is 2.19 bits per heavy atom. The van der Waals surface area contributed by atoms with Gasteiger partial charge in [-0.05, 0) is 50.9 Å². The normalized spacial score (nSPS) is 30.0. The lowest BCUT2D eigenvalue weighted by atomic mass is 9.84. The molecule has 0 aromatic carbocycles. The SMILES string of the molecule is Cc1[nH]nc(S(=O)(=O)NC(C)C2CC3CCC2C3)c1CO. The quantitative estimate of drug-likeness (QED) is 0.764. The lowest BCUT2D eigenvalue weighted by molar-refractivity contribution is 0.275. The number of nitrogens with one attached hydrogen (secondary N) is 2. The highest BCUT2D eigenvalue weighted by Crippen LogP contribution is 2.49. The minimum Gasteiger partial charge on any atom is -0.392 e. The molecule has 0 aliphatic heterocycles. The monoisotopic (exact) mass is 313 g/mol. The van der Waals surface area contributed by atoms with Crippen LogP contribution in [0.3, 0.4) is 0 Å². The minimum absolute atomic E-state index is 0.0718. The molecule has 0 amide bonds. The summed E-state index contributed by atoms with van der Waals surface area (Å²) in [5.41, 5.74) is 0.938. The van der Waals surface area contributed by atoms with Crippen molar-refractivity contribution in [1.82, 2.24) is 14.9 Å². The van der Waals surface area contributed by atoms with Gasteiger partial charge in [0.2, 0.25) is 0 Å². The van der Waals surface area contributed by atoms with Gasteiger partial charge in [0.15, 0.2) is 5.03 Å². The van der Waals surface area contributed by atoms with E-state index in [0.717, 1.165) is 12.3 Å². The summed E-state index contributed by atoms with van der Waals surface area (Å²) in [5.74, 6) is 1.87. The molecule has 4 atom stereocenters. The third-order valence-electron chi connectivity index (χ3n) is 5.22. The third-order valence-corrected chi connectivity index (χ3v) is 6.75. The summed E-state index contributed by atoms with van der Waals surface area (Å²) in [5, 5.41) is 15.7. The van der Waals surface area contributed by atoms with Crippen LogP contribution in [0.5, 0.6) is 0 Å². The standard InChI is InChI=1S/C14H23N3O3S/c1-8-13(7-18)14(16-15-8)21(19,20)17-9(2)12-6-10-3-4-11(12)5-10/h9-12,17-18H,3-7H2,1-2H3,(H,15,16). The van der Waals surface area contributed by atoms with E-state index in [-0.39, 0.29) is 17.7 Å². The Kier molecular flexibility index (Phi) is 3.83. The van der Waals surface area contributed by atoms with Crippen LogP contribution in [0.2, 0.25) is 0 Å². The zero-order valence-electron chi connectivity index (χ0n) is 12.5. The highest BCUT2D eigenvalue weighted by Gasteiger charge is 2.43. The number of aromatic amines is 1. The fraction of sp³-hybridized carbons (Fsp3) is 0.786. The molecule has 2 saturated carbocycles. The van der Waals surface area contributed by atoms with Crippen LogP contribution >= 0.6 is 0 Å². The summed E-state index contributed by atoms with van der Waals surface area (Å²) >= 11 is 0. The van der Waals surface area contributed by atoms with Gasteiger partial charge in [0.1, 0.15) is 0 Å². The second-order valence-corrected chi connectivity index (χ2v) is 8.17. The number of fused-ring (bicyclic) bond motifs is 2. The first-order chi connectivity index (χ1) is 9.92. The molecule has 1 heterocycles. The van der Waals surface area contributed by atoms with Gasteiger partial charge < -0.3 is 5.11 Å². The van der Waals surface area contributed by atoms with Crippen molar-refractivity contribution in [2.24, 2.45) is 17.8 Å². The maximum absolute atomic E-state index is 12.5. The number of hydrogen-bond donors (Lipinski definition) is 3. The summed E-state index contributed by atoms with van der Waals surface area (Å²) in [4.78, 5) is 0. The lowest BCUT2D eigenvalue weighted by Gasteiger charge is -2.28. The van der Waals surface area contributed by atoms with Crippen molar-refractivity contribution in [3.8, 4) is 0 Å². The van der Waals surface area contributed by atoms with Crippen molar-refractivity contribution in [1.29, 1.82) is 0 Å². The summed E-state index contributed by atoms with van der Waals surface area (Å²) in [6.45, 7) is 3.32. The number of aliphatic hydroxyl groups is 1. The van der Waals surface area contributed by atoms with Gasteiger partial charge in [0, 0.05) is 17.3 Å². The van der Waals surface area contributed by atoms with Gasteiger partial charge >= 0.3 is 0 Å². The van der Waals surface area contributed by atoms with Crippen molar-refractivity contribution < 1.29 is 13.5 Å². The Morgan fingerprint density at radius 3 is 2.76 bits per heavy atom. The van der Waals surface area contributed by atoms with Crippen LogP contribution in [0, 0.1) is 24.7 Å². The number of aliphatic hydroxyl groups excluding tert-OH is 1. The number of rotatable bonds is 5. The molecule has 2 aliphatic rings. The van der Waals surface area contributed by atoms with Crippen LogP contribution in [0.1, 0.15) is 43.9 Å². The van der Waals surface area contributed by atoms with E-state index in [9.17, 15) is 13.5 Å². The van der Waals surface area contributed by atoms with E-state index >= 15 is 0 Å². The Labute approximate surface area is 125 Å². The van der Waals surface area contributed by atoms with E-state index < -0.39 is 10.0 Å². The van der Waals surface area contributed by atoms with Gasteiger partial charge in [-0.25, -0.2) is 13.1 Å². The average Bonchev–Trinajstić information content (AvgIpc) is 3.12. The molecular weight excluding hydrogens is 290 g/mol. The fourth-order valence-electron chi connectivity index (χ4n) is 4.13. The smallest absolute Gasteiger partial charge is 0.260 e. The molecule has 0 radical (unpaired) electrons. The molecule has 0 saturated heterocycles. The first kappa shape index (κ1) is 15.0. The van der Waals surface area contributed by atoms with Crippen LogP contribution in [-0.4, -0.2) is 29.8 Å². The lowest BCUT2D eigenvalue weighted by Crippen LogP contribution is -2.40. The Bertz CT molecular complexity index is 625. The Morgan fingerprint density at radius 1 is 1.43 bits per heavy atom. The number of nitrogens with zero attached hydrogens (tertiary/aromatic N) is 1. The van der Waals surface area contributed by atoms with Crippen LogP contribution in [-0.2, 0) is 16.6 Å². The molecule has 118 valence electrons. The van der Waals surface area contributed by atoms with Gasteiger partial charge in [0.05, 0.1) is 6.61 Å². The van der Waals surface area contributed by atoms with Crippen molar-refractivity contribution in [2.45, 2.75) is 57.2 Å². The summed E-state index contributed by atoms with van der Waals surface area (Å²) < 4.78 is 27.8. The number of sulfonamides is 1. The largest absolute Gasteiger partial charge is 0.392 e. The van der Waals surface area contributed by atoms with Crippen molar-refractivity contribution in [3.63, 3.8) is 0 Å². The van der Waals surface area contributed by atoms with Gasteiger partial charge in [-0.3, -0.25) is 5.10 Å². The highest BCUT2D eigenvalue weighted by atomic mass is 32.2. The molecule has 6 nitrogen and oxygen atoms in total. The molecule has 3 N–H and O–H groups in total. The molecule has 7 heteroatoms. The summed E-state index contributed by atoms with van der Waals surface area (Å²) in [7, 11) is -3.69. The molecule has 2 fully saturated rings. The zero-order valence-corrected chi connectivity index (χ0v) is 13.3. The first-order valence-electron chi connectivity index (χ1n) is 7.59. The number of aryl methyl sites for hydroxylation is 1. The second-order valence-electron chi connectivity index (χ2n) is 6.54. The number of hydrogen-bond acceptors (Lipinski definition) is 4. The minimum atomic E-state index is -3.69. The van der Waals surface area contributed by atoms with E-state index in [1.54, 1.807) is 6.92 Å². The average molecular weight is 313 g/mol. The van der Waals surface area contributed by atoms with E-state index in [4.69, 9.17) is 0 Å². The fourth-order valence-corrected chi connectivity index (χ4v) is 5.62. The maximum Gasteiger partial charge on any atom is 0.260 e. The predicted octanol–water partition coefficient (Wildman–Crippen LogP) is 1.31. The van der Waals surface area contributed by atoms with Gasteiger partial charge in [-0.2, -0.15) is 5.10 Å². The molecule has 21 heavy (non-hydrogen) atoms. The Hall–Kier alpha value is -0.920. The van der Waals surface area contributed by atoms with E-state index in [0.29, 0.717) is 23.1 Å². The number of H-pyrrole nitrogens is 1. The number of aromatic nitrogens is 2. The molecule has 2 bridgehead atoms. The molecule has 4 unspecified atom stereocenters. The predicted molar refractivity (Wildman–Crippen MR) is 78.0 cm³/mol. The molecular formula is C14H23N3O3S. The van der Waals surface area contributed by atoms with Gasteiger partial charge in [-0.1, -0.05) is 6.42 Å². The summed E-state index contributed by atoms with van der Waals surface area (Å²) in [6, 6.07) is -0.0890. The third kappa shape index (κ3) is 2.62. The van der Waals surface area contributed by atoms with Crippen molar-refractivity contribution >= 4 is 10.0 Å². The maximum atomic E-state index is 12.5. The molecule has 0 spiro atoms. The first-order valence-corrected chi connectivity index (χ1v) is 9.07. The zero-order chi connectivity index (χ0) is 15.2. The topological polar surface area (TPSA) is 95.1 Å². The van der Waals surface area contributed by atoms with E-state index in [2.05, 4.69) is 14.9 Å². The van der Waals surface area contributed by atoms with Crippen molar-refractivity contribution in [3.05, 3.63) is 11.3 Å². The van der Waals surface area contributed by atoms with Gasteiger partial charge in [-0.15, -0.1) is 0 Å². The van der Waals surface area contributed by atoms with Crippen LogP contribution in [0.15, 0.2) is 5.03 Å².